The first kappa shape index (κ1) is 19.8. The van der Waals surface area contributed by atoms with Gasteiger partial charge in [-0.15, -0.1) is 0 Å². The van der Waals surface area contributed by atoms with Gasteiger partial charge in [-0.2, -0.15) is 0 Å². The zero-order valence-corrected chi connectivity index (χ0v) is 18.1. The number of carbonyl (C=O) groups is 1. The highest BCUT2D eigenvalue weighted by atomic mass is 35.5. The summed E-state index contributed by atoms with van der Waals surface area (Å²) in [7, 11) is 3.27. The molecule has 28 heavy (non-hydrogen) atoms. The minimum atomic E-state index is -0.117. The van der Waals surface area contributed by atoms with Gasteiger partial charge in [-0.25, -0.2) is 0 Å². The summed E-state index contributed by atoms with van der Waals surface area (Å²) in [6, 6.07) is 3.86. The number of nitrogens with one attached hydrogen (secondary N) is 1. The van der Waals surface area contributed by atoms with Crippen molar-refractivity contribution in [3.05, 3.63) is 22.7 Å². The average molecular weight is 408 g/mol. The number of carbonyl (C=O) groups excluding carboxylic acids is 1. The number of hydrogen-bond acceptors (Lipinski definition) is 4. The third kappa shape index (κ3) is 2.73. The van der Waals surface area contributed by atoms with E-state index in [0.717, 1.165) is 24.8 Å². The Kier molecular flexibility index (Phi) is 4.82. The lowest BCUT2D eigenvalue weighted by atomic mass is 9.58. The van der Waals surface area contributed by atoms with Crippen LogP contribution in [0.2, 0.25) is 5.02 Å². The normalized spacial score (nSPS) is 35.4. The van der Waals surface area contributed by atoms with Crippen molar-refractivity contribution in [3.63, 3.8) is 0 Å². The molecule has 4 rings (SSSR count). The predicted molar refractivity (Wildman–Crippen MR) is 108 cm³/mol. The topological polar surface area (TPSA) is 56.8 Å². The fourth-order valence-corrected chi connectivity index (χ4v) is 6.69. The summed E-state index contributed by atoms with van der Waals surface area (Å²) in [6.45, 7) is 6.89. The summed E-state index contributed by atoms with van der Waals surface area (Å²) < 4.78 is 17.5. The molecular formula is C22H30ClNO4. The van der Waals surface area contributed by atoms with Crippen LogP contribution >= 0.6 is 11.6 Å². The number of methoxy groups -OCH3 is 2. The van der Waals surface area contributed by atoms with Gasteiger partial charge >= 0.3 is 0 Å². The monoisotopic (exact) mass is 407 g/mol. The van der Waals surface area contributed by atoms with Crippen LogP contribution in [-0.4, -0.2) is 32.8 Å². The predicted octanol–water partition coefficient (Wildman–Crippen LogP) is 4.38. The highest BCUT2D eigenvalue weighted by Gasteiger charge is 2.68. The van der Waals surface area contributed by atoms with Crippen molar-refractivity contribution in [1.82, 2.24) is 5.32 Å². The minimum absolute atomic E-state index is 0.0450. The molecule has 0 radical (unpaired) electrons. The van der Waals surface area contributed by atoms with E-state index in [2.05, 4.69) is 19.2 Å². The lowest BCUT2D eigenvalue weighted by Gasteiger charge is -2.53. The molecule has 5 nitrogen and oxygen atoms in total. The molecule has 1 unspecified atom stereocenters. The molecule has 5 atom stereocenters. The van der Waals surface area contributed by atoms with E-state index in [0.29, 0.717) is 35.0 Å². The summed E-state index contributed by atoms with van der Waals surface area (Å²) in [6.07, 6.45) is 3.08. The zero-order valence-electron chi connectivity index (χ0n) is 17.3. The first-order chi connectivity index (χ1) is 13.2. The van der Waals surface area contributed by atoms with Crippen LogP contribution in [0.15, 0.2) is 12.1 Å². The smallest absolute Gasteiger partial charge is 0.217 e. The van der Waals surface area contributed by atoms with Crippen LogP contribution in [0.4, 0.5) is 0 Å². The van der Waals surface area contributed by atoms with Crippen molar-refractivity contribution >= 4 is 17.5 Å². The summed E-state index contributed by atoms with van der Waals surface area (Å²) in [4.78, 5) is 12.0. The molecule has 1 saturated heterocycles. The molecule has 2 aliphatic carbocycles. The maximum atomic E-state index is 12.0. The van der Waals surface area contributed by atoms with E-state index >= 15 is 0 Å². The van der Waals surface area contributed by atoms with Gasteiger partial charge in [0.2, 0.25) is 5.91 Å². The molecule has 3 fully saturated rings. The summed E-state index contributed by atoms with van der Waals surface area (Å²) in [5.41, 5.74) is 1.08. The molecule has 3 aliphatic rings. The van der Waals surface area contributed by atoms with Crippen molar-refractivity contribution in [2.75, 3.05) is 20.8 Å². The van der Waals surface area contributed by atoms with Crippen molar-refractivity contribution in [1.29, 1.82) is 0 Å². The number of hydrogen-bond donors (Lipinski definition) is 1. The Morgan fingerprint density at radius 2 is 2.04 bits per heavy atom. The lowest BCUT2D eigenvalue weighted by molar-refractivity contribution is -0.136. The van der Waals surface area contributed by atoms with Gasteiger partial charge in [0.05, 0.1) is 20.3 Å². The van der Waals surface area contributed by atoms with Gasteiger partial charge in [0.1, 0.15) is 0 Å². The summed E-state index contributed by atoms with van der Waals surface area (Å²) in [5.74, 6) is 2.23. The molecule has 1 aromatic carbocycles. The van der Waals surface area contributed by atoms with Crippen LogP contribution in [-0.2, 0) is 9.53 Å². The van der Waals surface area contributed by atoms with Crippen LogP contribution in [0.3, 0.4) is 0 Å². The second kappa shape index (κ2) is 6.81. The molecule has 1 heterocycles. The molecule has 2 bridgehead atoms. The number of amides is 1. The van der Waals surface area contributed by atoms with Crippen LogP contribution in [0.5, 0.6) is 11.5 Å². The van der Waals surface area contributed by atoms with Gasteiger partial charge in [-0.1, -0.05) is 25.4 Å². The van der Waals surface area contributed by atoms with Gasteiger partial charge in [0.15, 0.2) is 11.5 Å². The second-order valence-corrected chi connectivity index (χ2v) is 9.64. The average Bonchev–Trinajstić information content (AvgIpc) is 3.13. The number of benzene rings is 1. The molecule has 1 aromatic rings. The minimum Gasteiger partial charge on any atom is -0.493 e. The zero-order chi connectivity index (χ0) is 20.3. The van der Waals surface area contributed by atoms with E-state index in [4.69, 9.17) is 25.8 Å². The Labute approximate surface area is 172 Å². The van der Waals surface area contributed by atoms with Crippen LogP contribution in [0, 0.1) is 22.7 Å². The number of rotatable bonds is 4. The van der Waals surface area contributed by atoms with Gasteiger partial charge in [-0.05, 0) is 48.0 Å². The fraction of sp³-hybridized carbons (Fsp3) is 0.682. The molecule has 1 amide bonds. The number of halogens is 1. The van der Waals surface area contributed by atoms with Crippen molar-refractivity contribution in [2.24, 2.45) is 22.7 Å². The van der Waals surface area contributed by atoms with Crippen molar-refractivity contribution in [3.8, 4) is 11.5 Å². The molecule has 1 aliphatic heterocycles. The molecule has 1 spiro atoms. The van der Waals surface area contributed by atoms with Gasteiger partial charge in [0.25, 0.3) is 0 Å². The number of fused-ring (bicyclic) bond motifs is 1. The lowest BCUT2D eigenvalue weighted by Crippen LogP contribution is -2.58. The Bertz CT molecular complexity index is 795. The van der Waals surface area contributed by atoms with E-state index in [-0.39, 0.29) is 28.9 Å². The summed E-state index contributed by atoms with van der Waals surface area (Å²) in [5, 5.41) is 3.92. The molecular weight excluding hydrogens is 378 g/mol. The highest BCUT2D eigenvalue weighted by Crippen LogP contribution is 2.71. The maximum Gasteiger partial charge on any atom is 0.217 e. The molecule has 6 heteroatoms. The fourth-order valence-electron chi connectivity index (χ4n) is 6.47. The molecule has 0 aromatic heterocycles. The van der Waals surface area contributed by atoms with E-state index in [1.807, 2.05) is 6.07 Å². The van der Waals surface area contributed by atoms with Crippen molar-refractivity contribution in [2.45, 2.75) is 52.2 Å². The Morgan fingerprint density at radius 3 is 2.68 bits per heavy atom. The highest BCUT2D eigenvalue weighted by molar-refractivity contribution is 6.30. The standard InChI is InChI=1S/C22H30ClNO4/c1-12(25)24-20-21(2,3)13-8-16-18(28-7-6-22(16,20)11-13)15-9-14(23)10-17(26-4)19(15)27-5/h9-10,13,16,18,20H,6-8,11H2,1-5H3,(H,24,25)/t13-,16-,18-,20-,22?/m1/s1. The van der Waals surface area contributed by atoms with Gasteiger partial charge in [-0.3, -0.25) is 4.79 Å². The first-order valence-corrected chi connectivity index (χ1v) is 10.4. The Hall–Kier alpha value is -1.46. The quantitative estimate of drug-likeness (QED) is 0.804. The Balaban J connectivity index is 1.78. The maximum absolute atomic E-state index is 12.0. The largest absolute Gasteiger partial charge is 0.493 e. The van der Waals surface area contributed by atoms with Crippen LogP contribution in [0.1, 0.15) is 51.7 Å². The van der Waals surface area contributed by atoms with Crippen LogP contribution < -0.4 is 14.8 Å². The third-order valence-corrected chi connectivity index (χ3v) is 7.85. The van der Waals surface area contributed by atoms with Gasteiger partial charge < -0.3 is 19.5 Å². The SMILES string of the molecule is COc1cc(Cl)cc([C@H]2OCCC34C[C@@H](C[C@H]23)C(C)(C)[C@H]4NC(C)=O)c1OC. The second-order valence-electron chi connectivity index (χ2n) is 9.20. The van der Waals surface area contributed by atoms with E-state index < -0.39 is 0 Å². The molecule has 154 valence electrons. The molecule has 1 N–H and O–H groups in total. The van der Waals surface area contributed by atoms with Crippen LogP contribution in [0.25, 0.3) is 0 Å². The van der Waals surface area contributed by atoms with Crippen molar-refractivity contribution < 1.29 is 19.0 Å². The van der Waals surface area contributed by atoms with Gasteiger partial charge in [0, 0.05) is 36.2 Å². The van der Waals surface area contributed by atoms with E-state index in [9.17, 15) is 4.79 Å². The molecule has 2 saturated carbocycles. The Morgan fingerprint density at radius 1 is 1.29 bits per heavy atom. The van der Waals surface area contributed by atoms with E-state index in [1.54, 1.807) is 27.2 Å². The van der Waals surface area contributed by atoms with E-state index in [1.165, 1.54) is 0 Å². The third-order valence-electron chi connectivity index (χ3n) is 7.63. The summed E-state index contributed by atoms with van der Waals surface area (Å²) >= 11 is 6.39. The number of ether oxygens (including phenoxy) is 3. The first-order valence-electron chi connectivity index (χ1n) is 10.0.